The van der Waals surface area contributed by atoms with E-state index in [9.17, 15) is 0 Å². The zero-order valence-corrected chi connectivity index (χ0v) is 25.6. The molecule has 0 amide bonds. The van der Waals surface area contributed by atoms with E-state index < -0.39 is 0 Å². The van der Waals surface area contributed by atoms with Gasteiger partial charge in [-0.1, -0.05) is 91.0 Å². The van der Waals surface area contributed by atoms with Crippen LogP contribution in [0, 0.1) is 0 Å². The maximum Gasteiger partial charge on any atom is 0.181 e. The zero-order chi connectivity index (χ0) is 31.9. The Kier molecular flexibility index (Phi) is 6.68. The van der Waals surface area contributed by atoms with Crippen molar-refractivity contribution in [2.24, 2.45) is 0 Å². The van der Waals surface area contributed by atoms with Crippen LogP contribution in [-0.4, -0.2) is 19.9 Å². The van der Waals surface area contributed by atoms with E-state index in [-0.39, 0.29) is 0 Å². The highest BCUT2D eigenvalue weighted by molar-refractivity contribution is 6.21. The van der Waals surface area contributed by atoms with E-state index in [4.69, 9.17) is 18.8 Å². The Hall–Kier alpha value is -6.66. The monoisotopic (exact) mass is 618 g/mol. The maximum absolute atomic E-state index is 5.66. The topological polar surface area (TPSA) is 77.8 Å². The third-order valence-corrected chi connectivity index (χ3v) is 8.82. The van der Waals surface area contributed by atoms with E-state index in [1.165, 1.54) is 23.9 Å². The molecule has 0 saturated carbocycles. The van der Waals surface area contributed by atoms with Gasteiger partial charge in [-0.2, -0.15) is 0 Å². The van der Waals surface area contributed by atoms with Crippen molar-refractivity contribution in [3.63, 3.8) is 0 Å². The first-order valence-electron chi connectivity index (χ1n) is 15.6. The number of oxazole rings is 2. The molecule has 9 rings (SSSR count). The van der Waals surface area contributed by atoms with Gasteiger partial charge in [0.2, 0.25) is 0 Å². The Labute approximate surface area is 276 Å². The molecule has 226 valence electrons. The fourth-order valence-electron chi connectivity index (χ4n) is 6.55. The predicted octanol–water partition coefficient (Wildman–Crippen LogP) is 10.8. The molecule has 9 aromatic rings. The lowest BCUT2D eigenvalue weighted by Crippen LogP contribution is -1.95. The van der Waals surface area contributed by atoms with E-state index in [0.717, 1.165) is 66.3 Å². The smallest absolute Gasteiger partial charge is 0.181 e. The summed E-state index contributed by atoms with van der Waals surface area (Å²) < 4.78 is 11.3. The molecular formula is C42H26N4O2. The van der Waals surface area contributed by atoms with Gasteiger partial charge in [0.15, 0.2) is 24.3 Å². The molecule has 5 aromatic carbocycles. The lowest BCUT2D eigenvalue weighted by Gasteiger charge is -2.18. The molecule has 0 saturated heterocycles. The van der Waals surface area contributed by atoms with Crippen LogP contribution in [0.2, 0.25) is 0 Å². The molecule has 0 radical (unpaired) electrons. The summed E-state index contributed by atoms with van der Waals surface area (Å²) in [5, 5.41) is 4.30. The Morgan fingerprint density at radius 3 is 1.42 bits per heavy atom. The summed E-state index contributed by atoms with van der Waals surface area (Å²) in [6.07, 6.45) is 10.0. The third-order valence-electron chi connectivity index (χ3n) is 8.82. The molecule has 6 heteroatoms. The number of hydrogen-bond acceptors (Lipinski definition) is 6. The van der Waals surface area contributed by atoms with Crippen molar-refractivity contribution in [2.75, 3.05) is 0 Å². The van der Waals surface area contributed by atoms with Crippen LogP contribution in [0.25, 0.3) is 89.0 Å². The largest absolute Gasteiger partial charge is 0.444 e. The van der Waals surface area contributed by atoms with E-state index in [1.807, 2.05) is 30.6 Å². The van der Waals surface area contributed by atoms with Crippen LogP contribution in [0.1, 0.15) is 0 Å². The number of pyridine rings is 2. The molecule has 48 heavy (non-hydrogen) atoms. The van der Waals surface area contributed by atoms with E-state index >= 15 is 0 Å². The number of aromatic nitrogens is 4. The first-order valence-corrected chi connectivity index (χ1v) is 15.6. The summed E-state index contributed by atoms with van der Waals surface area (Å²) in [4.78, 5) is 18.1. The molecule has 4 aromatic heterocycles. The van der Waals surface area contributed by atoms with E-state index in [0.29, 0.717) is 11.5 Å². The van der Waals surface area contributed by atoms with Gasteiger partial charge in [0.1, 0.15) is 0 Å². The molecule has 0 N–H and O–H groups in total. The van der Waals surface area contributed by atoms with Crippen LogP contribution in [0.3, 0.4) is 0 Å². The molecule has 0 fully saturated rings. The molecule has 4 heterocycles. The van der Waals surface area contributed by atoms with Crippen LogP contribution in [0.4, 0.5) is 0 Å². The molecule has 0 aliphatic rings. The van der Waals surface area contributed by atoms with Gasteiger partial charge < -0.3 is 8.83 Å². The van der Waals surface area contributed by atoms with Gasteiger partial charge in [0, 0.05) is 34.6 Å². The van der Waals surface area contributed by atoms with Crippen LogP contribution >= 0.6 is 0 Å². The van der Waals surface area contributed by atoms with Gasteiger partial charge in [0.05, 0.1) is 23.8 Å². The maximum atomic E-state index is 5.66. The van der Waals surface area contributed by atoms with Gasteiger partial charge in [0.25, 0.3) is 0 Å². The number of benzene rings is 5. The van der Waals surface area contributed by atoms with Crippen LogP contribution in [-0.2, 0) is 0 Å². The Morgan fingerprint density at radius 1 is 0.375 bits per heavy atom. The number of fused-ring (bicyclic) bond motifs is 2. The summed E-state index contributed by atoms with van der Waals surface area (Å²) in [5.41, 5.74) is 10.2. The third kappa shape index (κ3) is 4.84. The second-order valence-electron chi connectivity index (χ2n) is 11.6. The summed E-state index contributed by atoms with van der Waals surface area (Å²) in [7, 11) is 0. The average Bonchev–Trinajstić information content (AvgIpc) is 3.90. The van der Waals surface area contributed by atoms with E-state index in [1.54, 1.807) is 12.4 Å². The minimum Gasteiger partial charge on any atom is -0.444 e. The van der Waals surface area contributed by atoms with Crippen molar-refractivity contribution in [3.8, 4) is 67.4 Å². The fraction of sp³-hybridized carbons (Fsp3) is 0. The Balaban J connectivity index is 1.30. The molecule has 0 atom stereocenters. The highest BCUT2D eigenvalue weighted by Gasteiger charge is 2.20. The lowest BCUT2D eigenvalue weighted by atomic mass is 9.86. The van der Waals surface area contributed by atoms with Gasteiger partial charge in [-0.05, 0) is 74.1 Å². The zero-order valence-electron chi connectivity index (χ0n) is 25.6. The lowest BCUT2D eigenvalue weighted by molar-refractivity contribution is 0.571. The molecule has 0 spiro atoms. The van der Waals surface area contributed by atoms with Crippen molar-refractivity contribution in [1.29, 1.82) is 0 Å². The van der Waals surface area contributed by atoms with Crippen LogP contribution in [0.5, 0.6) is 0 Å². The Morgan fingerprint density at radius 2 is 0.854 bits per heavy atom. The van der Waals surface area contributed by atoms with Gasteiger partial charge in [-0.3, -0.25) is 9.97 Å². The standard InChI is InChI=1S/C42H26N4O2/c1-2-6-27(7-3-1)28-10-12-29(13-11-28)30-14-15-35-36(20-30)42(38-22-32(17-19-46-38)40-24-44-26-48-40)34-9-5-4-8-33(34)41(35)37-21-31(16-18-45-37)39-23-43-25-47-39/h1-26H. The highest BCUT2D eigenvalue weighted by atomic mass is 16.3. The molecule has 0 aliphatic heterocycles. The van der Waals surface area contributed by atoms with Crippen LogP contribution < -0.4 is 0 Å². The highest BCUT2D eigenvalue weighted by Crippen LogP contribution is 2.45. The van der Waals surface area contributed by atoms with Crippen molar-refractivity contribution >= 4 is 21.5 Å². The normalized spacial score (nSPS) is 11.3. The number of nitrogens with zero attached hydrogens (tertiary/aromatic N) is 4. The number of hydrogen-bond donors (Lipinski definition) is 0. The molecule has 0 unspecified atom stereocenters. The predicted molar refractivity (Wildman–Crippen MR) is 190 cm³/mol. The van der Waals surface area contributed by atoms with Gasteiger partial charge in [-0.15, -0.1) is 0 Å². The van der Waals surface area contributed by atoms with E-state index in [2.05, 4.69) is 113 Å². The minimum absolute atomic E-state index is 0.691. The van der Waals surface area contributed by atoms with Crippen molar-refractivity contribution in [2.45, 2.75) is 0 Å². The fourth-order valence-corrected chi connectivity index (χ4v) is 6.55. The second kappa shape index (κ2) is 11.6. The van der Waals surface area contributed by atoms with Crippen molar-refractivity contribution in [1.82, 2.24) is 19.9 Å². The number of rotatable bonds is 6. The van der Waals surface area contributed by atoms with Gasteiger partial charge >= 0.3 is 0 Å². The first-order chi connectivity index (χ1) is 23.8. The quantitative estimate of drug-likeness (QED) is 0.173. The summed E-state index contributed by atoms with van der Waals surface area (Å²) in [6.45, 7) is 0. The molecular weight excluding hydrogens is 592 g/mol. The van der Waals surface area contributed by atoms with Gasteiger partial charge in [-0.25, -0.2) is 9.97 Å². The summed E-state index contributed by atoms with van der Waals surface area (Å²) >= 11 is 0. The van der Waals surface area contributed by atoms with Crippen LogP contribution in [0.15, 0.2) is 168 Å². The summed E-state index contributed by atoms with van der Waals surface area (Å²) in [5.74, 6) is 1.38. The minimum atomic E-state index is 0.691. The Bertz CT molecular complexity index is 2540. The second-order valence-corrected chi connectivity index (χ2v) is 11.6. The van der Waals surface area contributed by atoms with Crippen molar-refractivity contribution in [3.05, 3.63) is 159 Å². The van der Waals surface area contributed by atoms with Crippen molar-refractivity contribution < 1.29 is 8.83 Å². The molecule has 0 bridgehead atoms. The molecule has 6 nitrogen and oxygen atoms in total. The average molecular weight is 619 g/mol. The molecule has 0 aliphatic carbocycles. The summed E-state index contributed by atoms with van der Waals surface area (Å²) in [6, 6.07) is 42.4. The first kappa shape index (κ1) is 27.6. The SMILES string of the molecule is c1ccc(-c2ccc(-c3ccc4c(-c5cc(-c6cnco6)ccn5)c5ccccc5c(-c5cc(-c6cnco6)ccn5)c4c3)cc2)cc1.